The van der Waals surface area contributed by atoms with Crippen molar-refractivity contribution >= 4 is 35.6 Å². The molecule has 1 aliphatic rings. The zero-order valence-electron chi connectivity index (χ0n) is 24.2. The smallest absolute Gasteiger partial charge is 0.414 e. The third-order valence-corrected chi connectivity index (χ3v) is 6.20. The van der Waals surface area contributed by atoms with Gasteiger partial charge in [0.05, 0.1) is 12.7 Å². The number of carbonyl (C=O) groups excluding carboxylic acids is 2. The van der Waals surface area contributed by atoms with Crippen molar-refractivity contribution in [3.8, 4) is 17.2 Å². The first-order chi connectivity index (χ1) is 22.3. The molecule has 0 bridgehead atoms. The highest BCUT2D eigenvalue weighted by molar-refractivity contribution is 6.01. The van der Waals surface area contributed by atoms with E-state index in [0.717, 1.165) is 15.7 Å². The Hall–Kier alpha value is -6.38. The Kier molecular flexibility index (Phi) is 10.0. The molecule has 3 aromatic carbocycles. The summed E-state index contributed by atoms with van der Waals surface area (Å²) < 4.78 is 23.1. The lowest BCUT2D eigenvalue weighted by Crippen LogP contribution is -2.44. The van der Waals surface area contributed by atoms with Crippen molar-refractivity contribution in [2.24, 2.45) is 4.99 Å². The number of aromatic nitrogens is 2. The van der Waals surface area contributed by atoms with Gasteiger partial charge in [-0.05, 0) is 23.3 Å². The molecule has 0 unspecified atom stereocenters. The minimum atomic E-state index is -1.20. The number of ether oxygens (including phenoxy) is 4. The van der Waals surface area contributed by atoms with Gasteiger partial charge < -0.3 is 29.4 Å². The summed E-state index contributed by atoms with van der Waals surface area (Å²) in [4.78, 5) is 56.4. The number of carbonyl (C=O) groups is 3. The van der Waals surface area contributed by atoms with E-state index in [1.807, 2.05) is 36.4 Å². The highest BCUT2D eigenvalue weighted by Crippen LogP contribution is 2.44. The molecule has 2 heterocycles. The number of benzene rings is 3. The van der Waals surface area contributed by atoms with Crippen molar-refractivity contribution in [2.75, 3.05) is 18.5 Å². The summed E-state index contributed by atoms with van der Waals surface area (Å²) >= 11 is 0. The second kappa shape index (κ2) is 14.9. The van der Waals surface area contributed by atoms with E-state index < -0.39 is 30.4 Å². The number of fused-ring (bicyclic) bond motifs is 2. The van der Waals surface area contributed by atoms with E-state index in [2.05, 4.69) is 25.9 Å². The van der Waals surface area contributed by atoms with Crippen LogP contribution in [0.4, 0.5) is 21.1 Å². The van der Waals surface area contributed by atoms with Crippen LogP contribution in [0, 0.1) is 0 Å². The molecule has 15 heteroatoms. The maximum absolute atomic E-state index is 12.5. The molecule has 1 aromatic heterocycles. The lowest BCUT2D eigenvalue weighted by atomic mass is 10.2. The van der Waals surface area contributed by atoms with Crippen LogP contribution in [-0.2, 0) is 34.0 Å². The van der Waals surface area contributed by atoms with Crippen LogP contribution in [0.1, 0.15) is 11.1 Å². The molecule has 0 fully saturated rings. The normalized spacial score (nSPS) is 11.0. The predicted molar refractivity (Wildman–Crippen MR) is 163 cm³/mol. The minimum absolute atomic E-state index is 0.00108. The molecule has 0 saturated carbocycles. The van der Waals surface area contributed by atoms with Crippen molar-refractivity contribution < 1.29 is 38.4 Å². The van der Waals surface area contributed by atoms with Crippen LogP contribution in [-0.4, -0.2) is 51.9 Å². The Balaban J connectivity index is 1.22. The topological polar surface area (TPSA) is 192 Å². The van der Waals surface area contributed by atoms with Gasteiger partial charge in [0.15, 0.2) is 17.3 Å². The third-order valence-electron chi connectivity index (χ3n) is 6.20. The molecule has 4 N–H and O–H groups in total. The molecule has 0 spiro atoms. The molecular formula is C31H28N6O9. The fourth-order valence-electron chi connectivity index (χ4n) is 4.11. The van der Waals surface area contributed by atoms with Crippen LogP contribution < -0.4 is 31.1 Å². The maximum atomic E-state index is 12.5. The van der Waals surface area contributed by atoms with Crippen molar-refractivity contribution in [3.05, 3.63) is 107 Å². The van der Waals surface area contributed by atoms with Gasteiger partial charge in [-0.1, -0.05) is 66.7 Å². The second-order valence-corrected chi connectivity index (χ2v) is 9.57. The Morgan fingerprint density at radius 2 is 1.50 bits per heavy atom. The number of anilines is 2. The molecule has 0 aliphatic carbocycles. The van der Waals surface area contributed by atoms with E-state index >= 15 is 0 Å². The Labute approximate surface area is 261 Å². The van der Waals surface area contributed by atoms with Crippen molar-refractivity contribution in [1.29, 1.82) is 0 Å². The number of aliphatic imine (C=N–C) groups is 1. The van der Waals surface area contributed by atoms with Gasteiger partial charge in [-0.15, -0.1) is 0 Å². The number of hydrogen-bond acceptors (Lipinski definition) is 11. The predicted octanol–water partition coefficient (Wildman–Crippen LogP) is 3.76. The fraction of sp³-hybridized carbons (Fsp3) is 0.161. The van der Waals surface area contributed by atoms with Crippen LogP contribution in [0.5, 0.6) is 17.2 Å². The lowest BCUT2D eigenvalue weighted by molar-refractivity contribution is -0.137. The molecule has 46 heavy (non-hydrogen) atoms. The quantitative estimate of drug-likeness (QED) is 0.1000. The van der Waals surface area contributed by atoms with Gasteiger partial charge in [0, 0.05) is 0 Å². The molecule has 5 rings (SSSR count). The fourth-order valence-corrected chi connectivity index (χ4v) is 4.11. The van der Waals surface area contributed by atoms with Crippen molar-refractivity contribution in [3.63, 3.8) is 0 Å². The van der Waals surface area contributed by atoms with Gasteiger partial charge in [0.2, 0.25) is 5.96 Å². The van der Waals surface area contributed by atoms with E-state index in [0.29, 0.717) is 17.2 Å². The SMILES string of the molecule is O=C(O)Cn1cc2c(nc1=O)Nc1c(OCCN=C(NC(=O)OCc3ccccc3)NC(=O)OCc3ccccc3)cccc1O2. The number of hydrogen-bond donors (Lipinski definition) is 4. The number of carboxylic acids is 1. The molecule has 2 amide bonds. The first-order valence-corrected chi connectivity index (χ1v) is 13.9. The van der Waals surface area contributed by atoms with E-state index in [9.17, 15) is 19.2 Å². The van der Waals surface area contributed by atoms with E-state index in [4.69, 9.17) is 24.1 Å². The standard InChI is InChI=1S/C31H28N6O9/c38-25(39)17-37-16-24-27(34-29(37)40)33-26-22(12-7-13-23(26)46-24)43-15-14-32-28(35-30(41)44-18-20-8-3-1-4-9-20)36-31(42)45-19-21-10-5-2-6-11-21/h1-13,16H,14-15,17-19H2,(H,38,39)(H,33,34,40)(H2,32,35,36,41,42). The average Bonchev–Trinajstić information content (AvgIpc) is 3.05. The van der Waals surface area contributed by atoms with Gasteiger partial charge >= 0.3 is 23.8 Å². The van der Waals surface area contributed by atoms with Gasteiger partial charge in [-0.2, -0.15) is 4.98 Å². The molecular weight excluding hydrogens is 600 g/mol. The largest absolute Gasteiger partial charge is 0.489 e. The minimum Gasteiger partial charge on any atom is -0.489 e. The Morgan fingerprint density at radius 3 is 2.11 bits per heavy atom. The Bertz CT molecular complexity index is 1740. The number of aliphatic carboxylic acids is 1. The summed E-state index contributed by atoms with van der Waals surface area (Å²) in [5, 5.41) is 16.8. The second-order valence-electron chi connectivity index (χ2n) is 9.57. The molecule has 236 valence electrons. The third kappa shape index (κ3) is 8.59. The highest BCUT2D eigenvalue weighted by Gasteiger charge is 2.23. The summed E-state index contributed by atoms with van der Waals surface area (Å²) in [6, 6.07) is 23.1. The van der Waals surface area contributed by atoms with Crippen molar-refractivity contribution in [1.82, 2.24) is 20.2 Å². The van der Waals surface area contributed by atoms with E-state index in [1.54, 1.807) is 42.5 Å². The van der Waals surface area contributed by atoms with Gasteiger partial charge in [0.1, 0.15) is 37.8 Å². The lowest BCUT2D eigenvalue weighted by Gasteiger charge is -2.23. The Morgan fingerprint density at radius 1 is 0.870 bits per heavy atom. The number of carboxylic acid groups (broad SMARTS) is 1. The molecule has 0 saturated heterocycles. The highest BCUT2D eigenvalue weighted by atomic mass is 16.6. The number of para-hydroxylation sites is 1. The zero-order chi connectivity index (χ0) is 32.3. The number of guanidine groups is 1. The number of nitrogens with zero attached hydrogens (tertiary/aromatic N) is 3. The number of alkyl carbamates (subject to hydrolysis) is 2. The summed E-state index contributed by atoms with van der Waals surface area (Å²) in [6.07, 6.45) is -0.438. The van der Waals surface area contributed by atoms with Crippen LogP contribution in [0.25, 0.3) is 0 Å². The first-order valence-electron chi connectivity index (χ1n) is 13.9. The number of nitrogens with one attached hydrogen (secondary N) is 3. The van der Waals surface area contributed by atoms with Crippen LogP contribution >= 0.6 is 0 Å². The summed E-state index contributed by atoms with van der Waals surface area (Å²) in [5.74, 6) is -0.480. The first kappa shape index (κ1) is 31.1. The maximum Gasteiger partial charge on any atom is 0.414 e. The van der Waals surface area contributed by atoms with Crippen LogP contribution in [0.2, 0.25) is 0 Å². The summed E-state index contributed by atoms with van der Waals surface area (Å²) in [7, 11) is 0. The molecule has 1 aliphatic heterocycles. The van der Waals surface area contributed by atoms with Gasteiger partial charge in [-0.25, -0.2) is 19.4 Å². The van der Waals surface area contributed by atoms with E-state index in [-0.39, 0.29) is 43.9 Å². The van der Waals surface area contributed by atoms with Gasteiger partial charge in [0.25, 0.3) is 0 Å². The van der Waals surface area contributed by atoms with Crippen LogP contribution in [0.3, 0.4) is 0 Å². The van der Waals surface area contributed by atoms with Crippen molar-refractivity contribution in [2.45, 2.75) is 19.8 Å². The molecule has 0 radical (unpaired) electrons. The number of amides is 2. The average molecular weight is 629 g/mol. The summed E-state index contributed by atoms with van der Waals surface area (Å²) in [6.45, 7) is -0.599. The summed E-state index contributed by atoms with van der Waals surface area (Å²) in [5.41, 5.74) is 1.15. The van der Waals surface area contributed by atoms with Crippen LogP contribution in [0.15, 0.2) is 94.8 Å². The molecule has 0 atom stereocenters. The zero-order valence-corrected chi connectivity index (χ0v) is 24.2. The monoisotopic (exact) mass is 628 g/mol. The molecule has 4 aromatic rings. The molecule has 15 nitrogen and oxygen atoms in total. The van der Waals surface area contributed by atoms with E-state index in [1.165, 1.54) is 6.20 Å². The number of rotatable bonds is 10. The van der Waals surface area contributed by atoms with Gasteiger partial charge in [-0.3, -0.25) is 20.0 Å².